The Morgan fingerprint density at radius 2 is 2.04 bits per heavy atom. The Bertz CT molecular complexity index is 787. The highest BCUT2D eigenvalue weighted by Crippen LogP contribution is 2.42. The van der Waals surface area contributed by atoms with Crippen molar-refractivity contribution in [1.29, 1.82) is 0 Å². The quantitative estimate of drug-likeness (QED) is 0.696. The molecule has 2 aromatic rings. The summed E-state index contributed by atoms with van der Waals surface area (Å²) < 4.78 is 40.4. The number of nitrogens with one attached hydrogen (secondary N) is 2. The second-order valence-electron chi connectivity index (χ2n) is 6.39. The lowest BCUT2D eigenvalue weighted by Gasteiger charge is -2.12. The van der Waals surface area contributed by atoms with E-state index in [1.54, 1.807) is 6.07 Å². The Morgan fingerprint density at radius 1 is 1.30 bits per heavy atom. The fourth-order valence-electron chi connectivity index (χ4n) is 2.86. The second-order valence-corrected chi connectivity index (χ2v) is 6.39. The Labute approximate surface area is 161 Å². The van der Waals surface area contributed by atoms with Gasteiger partial charge in [-0.25, -0.2) is 4.68 Å². The summed E-state index contributed by atoms with van der Waals surface area (Å²) in [6.45, 7) is 1.32. The first-order chi connectivity index (χ1) is 12.4. The van der Waals surface area contributed by atoms with E-state index >= 15 is 0 Å². The van der Waals surface area contributed by atoms with Gasteiger partial charge >= 0.3 is 6.18 Å². The Morgan fingerprint density at radius 3 is 2.67 bits per heavy atom. The lowest BCUT2D eigenvalue weighted by Crippen LogP contribution is -2.27. The van der Waals surface area contributed by atoms with Crippen molar-refractivity contribution in [1.82, 2.24) is 20.4 Å². The van der Waals surface area contributed by atoms with Crippen LogP contribution in [0, 0.1) is 0 Å². The van der Waals surface area contributed by atoms with Gasteiger partial charge < -0.3 is 10.6 Å². The van der Waals surface area contributed by atoms with Crippen molar-refractivity contribution in [2.45, 2.75) is 31.4 Å². The molecule has 1 aliphatic rings. The van der Waals surface area contributed by atoms with Crippen LogP contribution in [0.3, 0.4) is 0 Å². The molecule has 0 atom stereocenters. The first kappa shape index (κ1) is 21.2. The van der Waals surface area contributed by atoms with E-state index in [1.165, 1.54) is 16.9 Å². The van der Waals surface area contributed by atoms with E-state index in [1.807, 2.05) is 7.05 Å². The van der Waals surface area contributed by atoms with Crippen LogP contribution in [-0.4, -0.2) is 35.8 Å². The van der Waals surface area contributed by atoms with E-state index in [0.29, 0.717) is 23.5 Å². The van der Waals surface area contributed by atoms with E-state index in [-0.39, 0.29) is 24.2 Å². The minimum absolute atomic E-state index is 0. The van der Waals surface area contributed by atoms with Gasteiger partial charge in [0.25, 0.3) is 5.91 Å². The molecule has 5 nitrogen and oxygen atoms in total. The molecule has 0 unspecified atom stereocenters. The topological polar surface area (TPSA) is 58.9 Å². The minimum Gasteiger partial charge on any atom is -0.352 e. The van der Waals surface area contributed by atoms with Gasteiger partial charge in [0, 0.05) is 12.5 Å². The minimum atomic E-state index is -4.42. The average Bonchev–Trinajstić information content (AvgIpc) is 3.36. The summed E-state index contributed by atoms with van der Waals surface area (Å²) in [7, 11) is 1.84. The summed E-state index contributed by atoms with van der Waals surface area (Å²) in [6.07, 6.45) is -0.365. The SMILES string of the molecule is CNCCCNC(=O)c1cnn(-c2cccc(C(F)(F)F)c2)c1C1CC1.Cl. The van der Waals surface area contributed by atoms with Crippen LogP contribution in [0.15, 0.2) is 30.5 Å². The Hall–Kier alpha value is -2.06. The zero-order chi connectivity index (χ0) is 18.7. The highest BCUT2D eigenvalue weighted by molar-refractivity contribution is 5.95. The molecule has 0 aliphatic heterocycles. The van der Waals surface area contributed by atoms with Crippen molar-refractivity contribution in [3.05, 3.63) is 47.3 Å². The molecule has 1 aromatic heterocycles. The molecule has 148 valence electrons. The molecule has 3 rings (SSSR count). The van der Waals surface area contributed by atoms with Crippen LogP contribution in [0.4, 0.5) is 13.2 Å². The fourth-order valence-corrected chi connectivity index (χ4v) is 2.86. The second kappa shape index (κ2) is 8.75. The van der Waals surface area contributed by atoms with Crippen molar-refractivity contribution < 1.29 is 18.0 Å². The summed E-state index contributed by atoms with van der Waals surface area (Å²) in [6, 6.07) is 5.02. The molecule has 2 N–H and O–H groups in total. The van der Waals surface area contributed by atoms with Gasteiger partial charge in [-0.2, -0.15) is 18.3 Å². The number of aromatic nitrogens is 2. The number of rotatable bonds is 7. The summed E-state index contributed by atoms with van der Waals surface area (Å²) in [5.41, 5.74) is 0.714. The molecule has 0 spiro atoms. The normalized spacial score (nSPS) is 13.9. The predicted octanol–water partition coefficient (Wildman–Crippen LogP) is 3.53. The van der Waals surface area contributed by atoms with Gasteiger partial charge in [-0.3, -0.25) is 4.79 Å². The number of nitrogens with zero attached hydrogens (tertiary/aromatic N) is 2. The molecular formula is C18H22ClF3N4O. The van der Waals surface area contributed by atoms with Crippen molar-refractivity contribution >= 4 is 18.3 Å². The van der Waals surface area contributed by atoms with E-state index in [2.05, 4.69) is 15.7 Å². The van der Waals surface area contributed by atoms with Crippen molar-refractivity contribution in [2.24, 2.45) is 0 Å². The first-order valence-corrected chi connectivity index (χ1v) is 8.60. The average molecular weight is 403 g/mol. The third kappa shape index (κ3) is 5.01. The molecule has 1 aliphatic carbocycles. The predicted molar refractivity (Wildman–Crippen MR) is 98.7 cm³/mol. The van der Waals surface area contributed by atoms with Crippen LogP contribution in [0.25, 0.3) is 5.69 Å². The largest absolute Gasteiger partial charge is 0.416 e. The van der Waals surface area contributed by atoms with E-state index < -0.39 is 11.7 Å². The van der Waals surface area contributed by atoms with Crippen molar-refractivity contribution in [3.8, 4) is 5.69 Å². The van der Waals surface area contributed by atoms with Crippen LogP contribution in [0.1, 0.15) is 46.8 Å². The van der Waals surface area contributed by atoms with Crippen molar-refractivity contribution in [2.75, 3.05) is 20.1 Å². The first-order valence-electron chi connectivity index (χ1n) is 8.60. The van der Waals surface area contributed by atoms with E-state index in [4.69, 9.17) is 0 Å². The molecule has 0 bridgehead atoms. The number of halogens is 4. The number of carbonyl (C=O) groups excluding carboxylic acids is 1. The van der Waals surface area contributed by atoms with Gasteiger partial charge in [-0.1, -0.05) is 6.07 Å². The fraction of sp³-hybridized carbons (Fsp3) is 0.444. The lowest BCUT2D eigenvalue weighted by molar-refractivity contribution is -0.137. The highest BCUT2D eigenvalue weighted by atomic mass is 35.5. The molecule has 9 heteroatoms. The number of amides is 1. The maximum atomic E-state index is 13.0. The van der Waals surface area contributed by atoms with Crippen LogP contribution in [0.5, 0.6) is 0 Å². The van der Waals surface area contributed by atoms with Crippen LogP contribution < -0.4 is 10.6 Å². The molecule has 1 amide bonds. The number of alkyl halides is 3. The molecule has 1 aromatic carbocycles. The smallest absolute Gasteiger partial charge is 0.352 e. The molecule has 1 fully saturated rings. The number of hydrogen-bond acceptors (Lipinski definition) is 3. The molecule has 1 saturated carbocycles. The van der Waals surface area contributed by atoms with Crippen LogP contribution >= 0.6 is 12.4 Å². The van der Waals surface area contributed by atoms with Crippen LogP contribution in [0.2, 0.25) is 0 Å². The molecular weight excluding hydrogens is 381 g/mol. The molecule has 27 heavy (non-hydrogen) atoms. The van der Waals surface area contributed by atoms with Gasteiger partial charge in [-0.05, 0) is 51.1 Å². The Kier molecular flexibility index (Phi) is 6.89. The van der Waals surface area contributed by atoms with E-state index in [9.17, 15) is 18.0 Å². The maximum Gasteiger partial charge on any atom is 0.416 e. The lowest BCUT2D eigenvalue weighted by atomic mass is 10.1. The van der Waals surface area contributed by atoms with Gasteiger partial charge in [0.2, 0.25) is 0 Å². The number of carbonyl (C=O) groups is 1. The monoisotopic (exact) mass is 402 g/mol. The van der Waals surface area contributed by atoms with Crippen LogP contribution in [-0.2, 0) is 6.18 Å². The summed E-state index contributed by atoms with van der Waals surface area (Å²) in [4.78, 5) is 12.5. The summed E-state index contributed by atoms with van der Waals surface area (Å²) in [5, 5.41) is 10.1. The number of benzene rings is 1. The molecule has 0 radical (unpaired) electrons. The van der Waals surface area contributed by atoms with Gasteiger partial charge in [-0.15, -0.1) is 12.4 Å². The van der Waals surface area contributed by atoms with Gasteiger partial charge in [0.05, 0.1) is 28.7 Å². The van der Waals surface area contributed by atoms with Gasteiger partial charge in [0.15, 0.2) is 0 Å². The highest BCUT2D eigenvalue weighted by Gasteiger charge is 2.34. The standard InChI is InChI=1S/C18H21F3N4O.ClH/c1-22-8-3-9-23-17(26)15-11-24-25(16(15)12-6-7-12)14-5-2-4-13(10-14)18(19,20)21;/h2,4-5,10-12,22H,3,6-9H2,1H3,(H,23,26);1H. The Balaban J connectivity index is 0.00000261. The maximum absolute atomic E-state index is 13.0. The molecule has 0 saturated heterocycles. The zero-order valence-electron chi connectivity index (χ0n) is 14.8. The third-order valence-corrected chi connectivity index (χ3v) is 4.32. The zero-order valence-corrected chi connectivity index (χ0v) is 15.7. The van der Waals surface area contributed by atoms with E-state index in [0.717, 1.165) is 37.9 Å². The molecule has 1 heterocycles. The third-order valence-electron chi connectivity index (χ3n) is 4.32. The summed E-state index contributed by atoms with van der Waals surface area (Å²) in [5.74, 6) is -0.0775. The van der Waals surface area contributed by atoms with Gasteiger partial charge in [0.1, 0.15) is 0 Å². The summed E-state index contributed by atoms with van der Waals surface area (Å²) >= 11 is 0. The number of hydrogen-bond donors (Lipinski definition) is 2. The van der Waals surface area contributed by atoms with Crippen molar-refractivity contribution in [3.63, 3.8) is 0 Å².